The van der Waals surface area contributed by atoms with Gasteiger partial charge in [0.05, 0.1) is 22.6 Å². The van der Waals surface area contributed by atoms with Gasteiger partial charge in [0.15, 0.2) is 0 Å². The molecule has 5 nitrogen and oxygen atoms in total. The molecule has 1 heterocycles. The van der Waals surface area contributed by atoms with Crippen LogP contribution in [-0.4, -0.2) is 14.5 Å². The molecule has 0 atom stereocenters. The van der Waals surface area contributed by atoms with Gasteiger partial charge in [-0.05, 0) is 25.5 Å². The molecular formula is C12H12ClN3O2. The van der Waals surface area contributed by atoms with Crippen molar-refractivity contribution in [3.05, 3.63) is 51.6 Å². The van der Waals surface area contributed by atoms with Crippen LogP contribution < -0.4 is 0 Å². The van der Waals surface area contributed by atoms with Crippen molar-refractivity contribution in [1.29, 1.82) is 0 Å². The second kappa shape index (κ2) is 4.78. The van der Waals surface area contributed by atoms with Gasteiger partial charge in [0.1, 0.15) is 0 Å². The van der Waals surface area contributed by atoms with E-state index in [1.165, 1.54) is 12.1 Å². The van der Waals surface area contributed by atoms with Crippen molar-refractivity contribution in [3.8, 4) is 5.69 Å². The highest BCUT2D eigenvalue weighted by Crippen LogP contribution is 2.24. The number of benzene rings is 1. The molecule has 0 bridgehead atoms. The summed E-state index contributed by atoms with van der Waals surface area (Å²) in [4.78, 5) is 14.5. The van der Waals surface area contributed by atoms with Crippen LogP contribution in [0.2, 0.25) is 0 Å². The van der Waals surface area contributed by atoms with Gasteiger partial charge in [-0.3, -0.25) is 10.1 Å². The molecule has 0 saturated heterocycles. The van der Waals surface area contributed by atoms with Crippen molar-refractivity contribution < 1.29 is 4.92 Å². The maximum Gasteiger partial charge on any atom is 0.269 e. The number of alkyl halides is 1. The third-order valence-corrected chi connectivity index (χ3v) is 3.22. The number of non-ortho nitro benzene ring substituents is 1. The van der Waals surface area contributed by atoms with Crippen molar-refractivity contribution in [3.63, 3.8) is 0 Å². The third kappa shape index (κ3) is 2.09. The summed E-state index contributed by atoms with van der Waals surface area (Å²) in [7, 11) is 0. The van der Waals surface area contributed by atoms with Gasteiger partial charge in [0, 0.05) is 23.7 Å². The molecule has 18 heavy (non-hydrogen) atoms. The molecule has 0 saturated carbocycles. The molecule has 0 fully saturated rings. The number of hydrogen-bond acceptors (Lipinski definition) is 3. The first-order chi connectivity index (χ1) is 8.54. The molecule has 94 valence electrons. The van der Waals surface area contributed by atoms with E-state index in [0.29, 0.717) is 5.56 Å². The minimum atomic E-state index is -0.425. The first kappa shape index (κ1) is 12.6. The van der Waals surface area contributed by atoms with Gasteiger partial charge in [0.2, 0.25) is 0 Å². The van der Waals surface area contributed by atoms with Gasteiger partial charge in [-0.15, -0.1) is 11.6 Å². The standard InChI is InChI=1S/C12H12ClN3O2/c1-8-9(2)15(7-14-8)12-4-3-11(16(17)18)5-10(12)6-13/h3-5,7H,6H2,1-2H3. The number of nitro groups is 1. The zero-order valence-corrected chi connectivity index (χ0v) is 10.8. The van der Waals surface area contributed by atoms with Gasteiger partial charge >= 0.3 is 0 Å². The largest absolute Gasteiger partial charge is 0.303 e. The Morgan fingerprint density at radius 3 is 2.67 bits per heavy atom. The van der Waals surface area contributed by atoms with Crippen LogP contribution in [0.1, 0.15) is 17.0 Å². The molecule has 0 N–H and O–H groups in total. The first-order valence-electron chi connectivity index (χ1n) is 5.38. The molecule has 2 rings (SSSR count). The molecule has 6 heteroatoms. The summed E-state index contributed by atoms with van der Waals surface area (Å²) in [5.74, 6) is 0.216. The summed E-state index contributed by atoms with van der Waals surface area (Å²) < 4.78 is 1.89. The summed E-state index contributed by atoms with van der Waals surface area (Å²) in [5, 5.41) is 10.7. The smallest absolute Gasteiger partial charge is 0.269 e. The predicted octanol–water partition coefficient (Wildman–Crippen LogP) is 3.14. The van der Waals surface area contributed by atoms with E-state index in [-0.39, 0.29) is 11.6 Å². The van der Waals surface area contributed by atoms with E-state index in [2.05, 4.69) is 4.98 Å². The van der Waals surface area contributed by atoms with E-state index in [0.717, 1.165) is 17.1 Å². The second-order valence-corrected chi connectivity index (χ2v) is 4.26. The van der Waals surface area contributed by atoms with Crippen LogP contribution in [0.3, 0.4) is 0 Å². The summed E-state index contributed by atoms with van der Waals surface area (Å²) in [5.41, 5.74) is 3.51. The first-order valence-corrected chi connectivity index (χ1v) is 5.92. The number of hydrogen-bond donors (Lipinski definition) is 0. The van der Waals surface area contributed by atoms with Crippen molar-refractivity contribution >= 4 is 17.3 Å². The van der Waals surface area contributed by atoms with Crippen molar-refractivity contribution in [2.24, 2.45) is 0 Å². The van der Waals surface area contributed by atoms with E-state index < -0.39 is 4.92 Å². The number of nitro benzene ring substituents is 1. The number of aromatic nitrogens is 2. The SMILES string of the molecule is Cc1ncn(-c2ccc([N+](=O)[O-])cc2CCl)c1C. The lowest BCUT2D eigenvalue weighted by Gasteiger charge is -2.10. The van der Waals surface area contributed by atoms with Crippen LogP contribution >= 0.6 is 11.6 Å². The van der Waals surface area contributed by atoms with Crippen LogP contribution in [-0.2, 0) is 5.88 Å². The molecular weight excluding hydrogens is 254 g/mol. The summed E-state index contributed by atoms with van der Waals surface area (Å²) in [6, 6.07) is 4.67. The van der Waals surface area contributed by atoms with Crippen LogP contribution in [0.4, 0.5) is 5.69 Å². The zero-order chi connectivity index (χ0) is 13.3. The molecule has 1 aromatic carbocycles. The average Bonchev–Trinajstić information content (AvgIpc) is 2.69. The Kier molecular flexibility index (Phi) is 3.34. The van der Waals surface area contributed by atoms with Crippen molar-refractivity contribution in [2.45, 2.75) is 19.7 Å². The number of halogens is 1. The Morgan fingerprint density at radius 1 is 1.44 bits per heavy atom. The maximum absolute atomic E-state index is 10.7. The van der Waals surface area contributed by atoms with E-state index >= 15 is 0 Å². The highest BCUT2D eigenvalue weighted by molar-refractivity contribution is 6.17. The van der Waals surface area contributed by atoms with Crippen molar-refractivity contribution in [1.82, 2.24) is 9.55 Å². The Bertz CT molecular complexity index is 607. The summed E-state index contributed by atoms with van der Waals surface area (Å²) in [6.07, 6.45) is 1.70. The molecule has 0 spiro atoms. The van der Waals surface area contributed by atoms with E-state index in [4.69, 9.17) is 11.6 Å². The lowest BCUT2D eigenvalue weighted by atomic mass is 10.1. The number of imidazole rings is 1. The Balaban J connectivity index is 2.58. The summed E-state index contributed by atoms with van der Waals surface area (Å²) >= 11 is 5.86. The fraction of sp³-hybridized carbons (Fsp3) is 0.250. The molecule has 2 aromatic rings. The fourth-order valence-electron chi connectivity index (χ4n) is 1.77. The molecule has 0 aliphatic rings. The quantitative estimate of drug-likeness (QED) is 0.487. The lowest BCUT2D eigenvalue weighted by Crippen LogP contribution is -2.01. The van der Waals surface area contributed by atoms with Gasteiger partial charge in [-0.2, -0.15) is 0 Å². The van der Waals surface area contributed by atoms with Crippen molar-refractivity contribution in [2.75, 3.05) is 0 Å². The van der Waals surface area contributed by atoms with E-state index in [1.807, 2.05) is 18.4 Å². The number of aryl methyl sites for hydroxylation is 1. The highest BCUT2D eigenvalue weighted by Gasteiger charge is 2.13. The topological polar surface area (TPSA) is 61.0 Å². The Hall–Kier alpha value is -1.88. The summed E-state index contributed by atoms with van der Waals surface area (Å²) in [6.45, 7) is 3.86. The van der Waals surface area contributed by atoms with Gasteiger partial charge in [0.25, 0.3) is 5.69 Å². The van der Waals surface area contributed by atoms with Crippen LogP contribution in [0, 0.1) is 24.0 Å². The molecule has 0 amide bonds. The van der Waals surface area contributed by atoms with Gasteiger partial charge in [-0.1, -0.05) is 0 Å². The van der Waals surface area contributed by atoms with Crippen LogP contribution in [0.5, 0.6) is 0 Å². The van der Waals surface area contributed by atoms with E-state index in [9.17, 15) is 10.1 Å². The minimum Gasteiger partial charge on any atom is -0.303 e. The monoisotopic (exact) mass is 265 g/mol. The number of nitrogens with zero attached hydrogens (tertiary/aromatic N) is 3. The minimum absolute atomic E-state index is 0.0453. The Labute approximate surface area is 109 Å². The maximum atomic E-state index is 10.7. The zero-order valence-electron chi connectivity index (χ0n) is 10.1. The van der Waals surface area contributed by atoms with Gasteiger partial charge in [-0.25, -0.2) is 4.98 Å². The van der Waals surface area contributed by atoms with Gasteiger partial charge < -0.3 is 4.57 Å². The predicted molar refractivity (Wildman–Crippen MR) is 69.2 cm³/mol. The fourth-order valence-corrected chi connectivity index (χ4v) is 1.98. The normalized spacial score (nSPS) is 10.6. The molecule has 0 radical (unpaired) electrons. The Morgan fingerprint density at radius 2 is 2.17 bits per heavy atom. The third-order valence-electron chi connectivity index (χ3n) is 2.93. The molecule has 0 unspecified atom stereocenters. The lowest BCUT2D eigenvalue weighted by molar-refractivity contribution is -0.384. The molecule has 1 aromatic heterocycles. The van der Waals surface area contributed by atoms with Crippen LogP contribution in [0.15, 0.2) is 24.5 Å². The molecule has 0 aliphatic carbocycles. The van der Waals surface area contributed by atoms with Crippen LogP contribution in [0.25, 0.3) is 5.69 Å². The second-order valence-electron chi connectivity index (χ2n) is 3.99. The number of rotatable bonds is 3. The molecule has 0 aliphatic heterocycles. The highest BCUT2D eigenvalue weighted by atomic mass is 35.5. The van der Waals surface area contributed by atoms with E-state index in [1.54, 1.807) is 12.4 Å². The average molecular weight is 266 g/mol.